The van der Waals surface area contributed by atoms with Gasteiger partial charge in [-0.25, -0.2) is 0 Å². The molecule has 9 nitrogen and oxygen atoms in total. The number of aliphatic hydroxyl groups is 5. The zero-order chi connectivity index (χ0) is 52.9. The molecule has 1 saturated heterocycles. The molecule has 0 saturated carbocycles. The Bertz CT molecular complexity index is 1150. The van der Waals surface area contributed by atoms with Gasteiger partial charge in [0, 0.05) is 6.42 Å². The lowest BCUT2D eigenvalue weighted by Gasteiger charge is -2.40. The first kappa shape index (κ1) is 69.9. The summed E-state index contributed by atoms with van der Waals surface area (Å²) in [6.45, 7) is 3.81. The van der Waals surface area contributed by atoms with Crippen molar-refractivity contribution in [3.05, 3.63) is 12.2 Å². The third kappa shape index (κ3) is 43.6. The first-order chi connectivity index (χ1) is 35.8. The summed E-state index contributed by atoms with van der Waals surface area (Å²) in [6.07, 6.45) is 61.9. The van der Waals surface area contributed by atoms with Gasteiger partial charge >= 0.3 is 0 Å². The molecular weight excluding hydrogens is 911 g/mol. The fourth-order valence-corrected chi connectivity index (χ4v) is 10.8. The maximum absolute atomic E-state index is 13.1. The molecule has 7 atom stereocenters. The Labute approximate surface area is 452 Å². The fourth-order valence-electron chi connectivity index (χ4n) is 10.8. The number of unbranched alkanes of at least 4 members (excludes halogenated alkanes) is 47. The summed E-state index contributed by atoms with van der Waals surface area (Å²) < 4.78 is 11.3. The Morgan fingerprint density at radius 1 is 0.452 bits per heavy atom. The molecule has 0 aliphatic carbocycles. The molecule has 6 N–H and O–H groups in total. The van der Waals surface area contributed by atoms with Crippen LogP contribution in [0.5, 0.6) is 0 Å². The van der Waals surface area contributed by atoms with Crippen LogP contribution in [0.25, 0.3) is 0 Å². The topological polar surface area (TPSA) is 149 Å². The van der Waals surface area contributed by atoms with Gasteiger partial charge in [-0.3, -0.25) is 4.79 Å². The van der Waals surface area contributed by atoms with E-state index in [1.165, 1.54) is 276 Å². The smallest absolute Gasteiger partial charge is 0.220 e. The van der Waals surface area contributed by atoms with Crippen molar-refractivity contribution >= 4 is 5.91 Å². The van der Waals surface area contributed by atoms with Gasteiger partial charge in [0.2, 0.25) is 5.91 Å². The van der Waals surface area contributed by atoms with Crippen LogP contribution < -0.4 is 5.32 Å². The van der Waals surface area contributed by atoms with Gasteiger partial charge in [-0.2, -0.15) is 0 Å². The highest BCUT2D eigenvalue weighted by Gasteiger charge is 2.44. The summed E-state index contributed by atoms with van der Waals surface area (Å²) in [5.74, 6) is -0.170. The van der Waals surface area contributed by atoms with E-state index in [2.05, 4.69) is 19.2 Å². The van der Waals surface area contributed by atoms with Crippen molar-refractivity contribution < 1.29 is 39.8 Å². The van der Waals surface area contributed by atoms with Crippen LogP contribution in [-0.4, -0.2) is 87.5 Å². The zero-order valence-corrected chi connectivity index (χ0v) is 48.4. The van der Waals surface area contributed by atoms with Crippen LogP contribution in [0.4, 0.5) is 0 Å². The molecule has 0 aromatic heterocycles. The number of nitrogens with one attached hydrogen (secondary N) is 1. The SMILES string of the molecule is CCCCCCCCCCCCC/C=C/C(O)C(COC1OC(CO)C(O)C(O)C1O)NC(=O)CCCCCCCCCCCCCCCCCCCCCCCCCCCCCCCCCCCCCCC. The number of allylic oxidation sites excluding steroid dienone is 1. The lowest BCUT2D eigenvalue weighted by atomic mass is 9.99. The number of hydrogen-bond donors (Lipinski definition) is 6. The van der Waals surface area contributed by atoms with Gasteiger partial charge in [-0.15, -0.1) is 0 Å². The summed E-state index contributed by atoms with van der Waals surface area (Å²) >= 11 is 0. The second-order valence-corrected chi connectivity index (χ2v) is 22.9. The van der Waals surface area contributed by atoms with Crippen molar-refractivity contribution in [3.63, 3.8) is 0 Å². The zero-order valence-electron chi connectivity index (χ0n) is 48.4. The first-order valence-electron chi connectivity index (χ1n) is 32.4. The van der Waals surface area contributed by atoms with Crippen molar-refractivity contribution in [1.29, 1.82) is 0 Å². The minimum absolute atomic E-state index is 0.170. The van der Waals surface area contributed by atoms with Gasteiger partial charge in [0.1, 0.15) is 24.4 Å². The number of aliphatic hydroxyl groups excluding tert-OH is 5. The van der Waals surface area contributed by atoms with E-state index in [1.54, 1.807) is 6.08 Å². The maximum Gasteiger partial charge on any atom is 0.220 e. The second kappa shape index (κ2) is 54.3. The number of rotatable bonds is 57. The van der Waals surface area contributed by atoms with E-state index in [9.17, 15) is 30.3 Å². The minimum Gasteiger partial charge on any atom is -0.394 e. The van der Waals surface area contributed by atoms with E-state index in [0.717, 1.165) is 38.5 Å². The van der Waals surface area contributed by atoms with Crippen molar-refractivity contribution in [1.82, 2.24) is 5.32 Å². The minimum atomic E-state index is -1.56. The van der Waals surface area contributed by atoms with Crippen molar-refractivity contribution in [2.24, 2.45) is 0 Å². The number of carbonyl (C=O) groups is 1. The van der Waals surface area contributed by atoms with Crippen molar-refractivity contribution in [2.45, 2.75) is 378 Å². The summed E-state index contributed by atoms with van der Waals surface area (Å²) in [6, 6.07) is -0.800. The summed E-state index contributed by atoms with van der Waals surface area (Å²) in [5, 5.41) is 54.5. The van der Waals surface area contributed by atoms with E-state index in [4.69, 9.17) is 9.47 Å². The monoisotopic (exact) mass is 1040 g/mol. The van der Waals surface area contributed by atoms with Gasteiger partial charge in [-0.05, 0) is 19.3 Å². The van der Waals surface area contributed by atoms with Crippen molar-refractivity contribution in [2.75, 3.05) is 13.2 Å². The average Bonchev–Trinajstić information content (AvgIpc) is 3.39. The molecule has 0 aromatic rings. The molecule has 0 aromatic carbocycles. The second-order valence-electron chi connectivity index (χ2n) is 22.9. The molecule has 1 aliphatic rings. The van der Waals surface area contributed by atoms with Crippen molar-refractivity contribution in [3.8, 4) is 0 Å². The highest BCUT2D eigenvalue weighted by Crippen LogP contribution is 2.23. The number of ether oxygens (including phenoxy) is 2. The van der Waals surface area contributed by atoms with Gasteiger partial charge < -0.3 is 40.3 Å². The standard InChI is InChI=1S/C64H125NO8/c1-3-5-7-9-11-13-15-17-18-19-20-21-22-23-24-25-26-27-28-29-30-31-32-33-34-35-36-37-38-39-40-42-44-46-48-50-52-54-60(68)65-57(56-72-64-63(71)62(70)61(69)59(55-66)73-64)58(67)53-51-49-47-45-43-41-16-14-12-10-8-6-4-2/h51,53,57-59,61-64,66-67,69-71H,3-50,52,54-56H2,1-2H3,(H,65,68)/b53-51+. The molecule has 73 heavy (non-hydrogen) atoms. The Morgan fingerprint density at radius 2 is 0.753 bits per heavy atom. The highest BCUT2D eigenvalue weighted by molar-refractivity contribution is 5.76. The number of carbonyl (C=O) groups excluding carboxylic acids is 1. The Morgan fingerprint density at radius 3 is 1.07 bits per heavy atom. The average molecular weight is 1040 g/mol. The Balaban J connectivity index is 2.02. The molecule has 1 aliphatic heterocycles. The van der Waals surface area contributed by atoms with E-state index >= 15 is 0 Å². The summed E-state index contributed by atoms with van der Waals surface area (Å²) in [7, 11) is 0. The van der Waals surface area contributed by atoms with Crippen LogP contribution in [0.15, 0.2) is 12.2 Å². The molecule has 1 heterocycles. The van der Waals surface area contributed by atoms with Crippen LogP contribution in [0, 0.1) is 0 Å². The fraction of sp³-hybridized carbons (Fsp3) is 0.953. The predicted molar refractivity (Wildman–Crippen MR) is 309 cm³/mol. The molecule has 0 radical (unpaired) electrons. The van der Waals surface area contributed by atoms with E-state index < -0.39 is 49.5 Å². The molecule has 1 amide bonds. The van der Waals surface area contributed by atoms with Gasteiger partial charge in [0.25, 0.3) is 0 Å². The molecule has 9 heteroatoms. The van der Waals surface area contributed by atoms with E-state index in [0.29, 0.717) is 6.42 Å². The molecule has 0 spiro atoms. The number of amides is 1. The Kier molecular flexibility index (Phi) is 52.0. The lowest BCUT2D eigenvalue weighted by molar-refractivity contribution is -0.302. The molecule has 1 fully saturated rings. The quantitative estimate of drug-likeness (QED) is 0.0261. The molecule has 7 unspecified atom stereocenters. The normalized spacial score (nSPS) is 19.0. The van der Waals surface area contributed by atoms with Gasteiger partial charge in [0.15, 0.2) is 6.29 Å². The third-order valence-corrected chi connectivity index (χ3v) is 15.9. The van der Waals surface area contributed by atoms with Crippen LogP contribution in [0.2, 0.25) is 0 Å². The van der Waals surface area contributed by atoms with Crippen LogP contribution in [0.3, 0.4) is 0 Å². The predicted octanol–water partition coefficient (Wildman–Crippen LogP) is 16.7. The molecule has 1 rings (SSSR count). The van der Waals surface area contributed by atoms with E-state index in [1.807, 2.05) is 6.08 Å². The third-order valence-electron chi connectivity index (χ3n) is 15.9. The summed E-state index contributed by atoms with van der Waals surface area (Å²) in [4.78, 5) is 13.1. The van der Waals surface area contributed by atoms with Crippen LogP contribution in [0.1, 0.15) is 335 Å². The van der Waals surface area contributed by atoms with Gasteiger partial charge in [-0.1, -0.05) is 321 Å². The first-order valence-corrected chi connectivity index (χ1v) is 32.4. The molecule has 434 valence electrons. The summed E-state index contributed by atoms with van der Waals surface area (Å²) in [5.41, 5.74) is 0. The van der Waals surface area contributed by atoms with E-state index in [-0.39, 0.29) is 12.5 Å². The van der Waals surface area contributed by atoms with Gasteiger partial charge in [0.05, 0.1) is 25.4 Å². The lowest BCUT2D eigenvalue weighted by Crippen LogP contribution is -2.60. The maximum atomic E-state index is 13.1. The Hall–Kier alpha value is -1.07. The number of hydrogen-bond acceptors (Lipinski definition) is 8. The highest BCUT2D eigenvalue weighted by atomic mass is 16.7. The molecular formula is C64H125NO8. The van der Waals surface area contributed by atoms with Crippen LogP contribution >= 0.6 is 0 Å². The molecule has 0 bridgehead atoms. The largest absolute Gasteiger partial charge is 0.394 e. The van der Waals surface area contributed by atoms with Crippen LogP contribution in [-0.2, 0) is 14.3 Å².